The second-order valence-electron chi connectivity index (χ2n) is 3.50. The van der Waals surface area contributed by atoms with Crippen molar-refractivity contribution in [3.8, 4) is 23.4 Å². The Hall–Kier alpha value is -3.01. The standard InChI is InChI=1S/C11H7N7/c12-7-8-2-1-3-9(6-8)18-16-11(15-17-18)10-13-4-5-14-10/h1-6H,(H,13,14). The summed E-state index contributed by atoms with van der Waals surface area (Å²) < 4.78 is 0. The van der Waals surface area contributed by atoms with E-state index in [1.54, 1.807) is 36.7 Å². The number of H-pyrrole nitrogens is 1. The van der Waals surface area contributed by atoms with E-state index in [0.717, 1.165) is 0 Å². The Kier molecular flexibility index (Phi) is 2.32. The summed E-state index contributed by atoms with van der Waals surface area (Å²) in [5.74, 6) is 0.958. The molecule has 2 aromatic heterocycles. The summed E-state index contributed by atoms with van der Waals surface area (Å²) in [7, 11) is 0. The zero-order valence-electron chi connectivity index (χ0n) is 9.15. The van der Waals surface area contributed by atoms with E-state index in [4.69, 9.17) is 5.26 Å². The van der Waals surface area contributed by atoms with Gasteiger partial charge in [0.2, 0.25) is 5.82 Å². The van der Waals surface area contributed by atoms with Crippen LogP contribution in [0.25, 0.3) is 17.3 Å². The zero-order valence-corrected chi connectivity index (χ0v) is 9.15. The monoisotopic (exact) mass is 237 g/mol. The van der Waals surface area contributed by atoms with Crippen LogP contribution < -0.4 is 0 Å². The van der Waals surface area contributed by atoms with E-state index >= 15 is 0 Å². The fourth-order valence-electron chi connectivity index (χ4n) is 1.51. The predicted octanol–water partition coefficient (Wildman–Crippen LogP) is 0.924. The Morgan fingerprint density at radius 3 is 3.06 bits per heavy atom. The molecule has 0 saturated heterocycles. The zero-order chi connectivity index (χ0) is 12.4. The number of tetrazole rings is 1. The molecule has 0 radical (unpaired) electrons. The minimum atomic E-state index is 0.405. The van der Waals surface area contributed by atoms with Crippen LogP contribution in [0.2, 0.25) is 0 Å². The van der Waals surface area contributed by atoms with Crippen LogP contribution >= 0.6 is 0 Å². The number of hydrogen-bond acceptors (Lipinski definition) is 5. The topological polar surface area (TPSA) is 96.1 Å². The van der Waals surface area contributed by atoms with Gasteiger partial charge in [-0.05, 0) is 23.4 Å². The minimum absolute atomic E-state index is 0.405. The summed E-state index contributed by atoms with van der Waals surface area (Å²) in [6, 6.07) is 9.04. The summed E-state index contributed by atoms with van der Waals surface area (Å²) in [5, 5.41) is 20.8. The first-order valence-corrected chi connectivity index (χ1v) is 5.17. The SMILES string of the molecule is N#Cc1cccc(-n2nnc(-c3ncc[nH]3)n2)c1. The van der Waals surface area contributed by atoms with Crippen LogP contribution in [0.4, 0.5) is 0 Å². The third-order valence-corrected chi connectivity index (χ3v) is 2.33. The molecule has 7 nitrogen and oxygen atoms in total. The Balaban J connectivity index is 2.01. The Morgan fingerprint density at radius 1 is 1.33 bits per heavy atom. The van der Waals surface area contributed by atoms with Crippen molar-refractivity contribution in [3.05, 3.63) is 42.2 Å². The Bertz CT molecular complexity index is 705. The molecule has 0 spiro atoms. The number of aromatic amines is 1. The number of rotatable bonds is 2. The smallest absolute Gasteiger partial charge is 0.240 e. The van der Waals surface area contributed by atoms with Gasteiger partial charge in [-0.25, -0.2) is 4.98 Å². The van der Waals surface area contributed by atoms with Crippen molar-refractivity contribution in [2.75, 3.05) is 0 Å². The van der Waals surface area contributed by atoms with Crippen LogP contribution in [0.1, 0.15) is 5.56 Å². The van der Waals surface area contributed by atoms with Crippen LogP contribution in [-0.4, -0.2) is 30.2 Å². The predicted molar refractivity (Wildman–Crippen MR) is 61.5 cm³/mol. The third kappa shape index (κ3) is 1.72. The maximum atomic E-state index is 8.83. The van der Waals surface area contributed by atoms with Crippen molar-refractivity contribution in [2.45, 2.75) is 0 Å². The third-order valence-electron chi connectivity index (χ3n) is 2.33. The quantitative estimate of drug-likeness (QED) is 0.715. The number of hydrogen-bond donors (Lipinski definition) is 1. The Labute approximate surface area is 102 Å². The van der Waals surface area contributed by atoms with Gasteiger partial charge < -0.3 is 4.98 Å². The number of benzene rings is 1. The Morgan fingerprint density at radius 2 is 2.28 bits per heavy atom. The van der Waals surface area contributed by atoms with Gasteiger partial charge in [0.15, 0.2) is 5.82 Å². The van der Waals surface area contributed by atoms with Gasteiger partial charge >= 0.3 is 0 Å². The van der Waals surface area contributed by atoms with Crippen molar-refractivity contribution < 1.29 is 0 Å². The van der Waals surface area contributed by atoms with Crippen LogP contribution in [-0.2, 0) is 0 Å². The molecule has 7 heteroatoms. The highest BCUT2D eigenvalue weighted by atomic mass is 15.6. The van der Waals surface area contributed by atoms with Gasteiger partial charge in [0.25, 0.3) is 0 Å². The molecule has 0 amide bonds. The molecular weight excluding hydrogens is 230 g/mol. The summed E-state index contributed by atoms with van der Waals surface area (Å²) in [6.07, 6.45) is 3.30. The van der Waals surface area contributed by atoms with Gasteiger partial charge in [-0.2, -0.15) is 5.26 Å². The maximum Gasteiger partial charge on any atom is 0.240 e. The number of nitriles is 1. The van der Waals surface area contributed by atoms with Gasteiger partial charge in [-0.1, -0.05) is 6.07 Å². The molecule has 1 N–H and O–H groups in total. The molecule has 18 heavy (non-hydrogen) atoms. The highest BCUT2D eigenvalue weighted by Gasteiger charge is 2.09. The van der Waals surface area contributed by atoms with Gasteiger partial charge in [-0.3, -0.25) is 0 Å². The molecule has 1 aromatic carbocycles. The first-order chi connectivity index (χ1) is 8.86. The summed E-state index contributed by atoms with van der Waals surface area (Å²) >= 11 is 0. The molecule has 0 saturated carbocycles. The second-order valence-corrected chi connectivity index (χ2v) is 3.50. The number of imidazole rings is 1. The fourth-order valence-corrected chi connectivity index (χ4v) is 1.51. The van der Waals surface area contributed by atoms with E-state index in [-0.39, 0.29) is 0 Å². The normalized spacial score (nSPS) is 10.2. The second kappa shape index (κ2) is 4.10. The number of nitrogens with one attached hydrogen (secondary N) is 1. The molecule has 0 aliphatic rings. The molecule has 0 fully saturated rings. The average Bonchev–Trinajstić information content (AvgIpc) is 3.09. The fraction of sp³-hybridized carbons (Fsp3) is 0. The number of nitrogens with zero attached hydrogens (tertiary/aromatic N) is 6. The lowest BCUT2D eigenvalue weighted by molar-refractivity contribution is 0.720. The maximum absolute atomic E-state index is 8.83. The molecule has 86 valence electrons. The van der Waals surface area contributed by atoms with E-state index in [0.29, 0.717) is 22.9 Å². The average molecular weight is 237 g/mol. The van der Waals surface area contributed by atoms with E-state index < -0.39 is 0 Å². The van der Waals surface area contributed by atoms with Crippen LogP contribution in [0.15, 0.2) is 36.7 Å². The van der Waals surface area contributed by atoms with Crippen molar-refractivity contribution >= 4 is 0 Å². The highest BCUT2D eigenvalue weighted by Crippen LogP contribution is 2.10. The van der Waals surface area contributed by atoms with Gasteiger partial charge in [-0.15, -0.1) is 15.0 Å². The molecule has 0 aliphatic carbocycles. The first-order valence-electron chi connectivity index (χ1n) is 5.17. The molecule has 3 aromatic rings. The summed E-state index contributed by atoms with van der Waals surface area (Å²) in [6.45, 7) is 0. The lowest BCUT2D eigenvalue weighted by atomic mass is 10.2. The highest BCUT2D eigenvalue weighted by molar-refractivity contribution is 5.43. The van der Waals surface area contributed by atoms with Crippen molar-refractivity contribution in [2.24, 2.45) is 0 Å². The molecular formula is C11H7N7. The lowest BCUT2D eigenvalue weighted by Gasteiger charge is -1.97. The molecule has 0 aliphatic heterocycles. The molecule has 0 unspecified atom stereocenters. The largest absolute Gasteiger partial charge is 0.342 e. The van der Waals surface area contributed by atoms with Crippen LogP contribution in [0.5, 0.6) is 0 Å². The lowest BCUT2D eigenvalue weighted by Crippen LogP contribution is -1.99. The first kappa shape index (κ1) is 10.2. The van der Waals surface area contributed by atoms with Gasteiger partial charge in [0.05, 0.1) is 17.3 Å². The minimum Gasteiger partial charge on any atom is -0.342 e. The van der Waals surface area contributed by atoms with E-state index in [1.165, 1.54) is 4.80 Å². The van der Waals surface area contributed by atoms with Crippen LogP contribution in [0.3, 0.4) is 0 Å². The van der Waals surface area contributed by atoms with E-state index in [2.05, 4.69) is 31.4 Å². The van der Waals surface area contributed by atoms with Crippen molar-refractivity contribution in [3.63, 3.8) is 0 Å². The van der Waals surface area contributed by atoms with Crippen molar-refractivity contribution in [1.82, 2.24) is 30.2 Å². The summed E-state index contributed by atoms with van der Waals surface area (Å²) in [5.41, 5.74) is 1.23. The van der Waals surface area contributed by atoms with Gasteiger partial charge in [0.1, 0.15) is 0 Å². The van der Waals surface area contributed by atoms with E-state index in [1.807, 2.05) is 0 Å². The van der Waals surface area contributed by atoms with E-state index in [9.17, 15) is 0 Å². The molecule has 0 bridgehead atoms. The van der Waals surface area contributed by atoms with Gasteiger partial charge in [0, 0.05) is 12.4 Å². The molecule has 2 heterocycles. The molecule has 0 atom stereocenters. The van der Waals surface area contributed by atoms with Crippen LogP contribution in [0, 0.1) is 11.3 Å². The van der Waals surface area contributed by atoms with Crippen molar-refractivity contribution in [1.29, 1.82) is 5.26 Å². The number of aromatic nitrogens is 6. The molecule has 3 rings (SSSR count). The summed E-state index contributed by atoms with van der Waals surface area (Å²) in [4.78, 5) is 8.30.